The zero-order chi connectivity index (χ0) is 8.84. The summed E-state index contributed by atoms with van der Waals surface area (Å²) >= 11 is 0. The van der Waals surface area contributed by atoms with Crippen molar-refractivity contribution >= 4 is 0 Å². The third kappa shape index (κ3) is 0.908. The molecule has 0 amide bonds. The summed E-state index contributed by atoms with van der Waals surface area (Å²) in [5.41, 5.74) is 2.58. The molecule has 2 bridgehead atoms. The lowest BCUT2D eigenvalue weighted by Gasteiger charge is -2.08. The Kier molecular flexibility index (Phi) is 1.50. The predicted molar refractivity (Wildman–Crippen MR) is 48.6 cm³/mol. The maximum atomic E-state index is 5.40. The topological polar surface area (TPSA) is 38.1 Å². The minimum Gasteiger partial charge on any atom is -0.360 e. The maximum absolute atomic E-state index is 5.40. The number of nitrogens with zero attached hydrogens (tertiary/aromatic N) is 1. The smallest absolute Gasteiger partial charge is 0.143 e. The van der Waals surface area contributed by atoms with E-state index < -0.39 is 0 Å². The van der Waals surface area contributed by atoms with Crippen LogP contribution < -0.4 is 5.32 Å². The molecule has 1 N–H and O–H groups in total. The van der Waals surface area contributed by atoms with E-state index in [0.29, 0.717) is 5.92 Å². The molecule has 0 radical (unpaired) electrons. The molecule has 1 fully saturated rings. The standard InChI is InChI=1S/C10H14N2O/c1-11-5-8-9-6-2-3-7(4-6)10(9)13-12-8/h6-7,11H,2-5H2,1H3. The molecule has 2 atom stereocenters. The van der Waals surface area contributed by atoms with Crippen molar-refractivity contribution in [1.82, 2.24) is 10.5 Å². The van der Waals surface area contributed by atoms with Crippen molar-refractivity contribution < 1.29 is 4.52 Å². The Balaban J connectivity index is 2.03. The van der Waals surface area contributed by atoms with Gasteiger partial charge in [0.2, 0.25) is 0 Å². The Morgan fingerprint density at radius 1 is 1.46 bits per heavy atom. The first kappa shape index (κ1) is 7.56. The summed E-state index contributed by atoms with van der Waals surface area (Å²) in [5, 5.41) is 7.27. The van der Waals surface area contributed by atoms with Gasteiger partial charge in [-0.2, -0.15) is 0 Å². The number of hydrogen-bond acceptors (Lipinski definition) is 3. The molecule has 1 heterocycles. The van der Waals surface area contributed by atoms with E-state index in [1.165, 1.54) is 30.6 Å². The monoisotopic (exact) mass is 178 g/mol. The van der Waals surface area contributed by atoms with Gasteiger partial charge in [0, 0.05) is 18.0 Å². The van der Waals surface area contributed by atoms with Crippen LogP contribution in [0, 0.1) is 0 Å². The highest BCUT2D eigenvalue weighted by atomic mass is 16.5. The van der Waals surface area contributed by atoms with E-state index in [1.54, 1.807) is 0 Å². The average molecular weight is 178 g/mol. The number of aromatic nitrogens is 1. The first-order chi connectivity index (χ1) is 6.40. The second-order valence-corrected chi connectivity index (χ2v) is 4.14. The highest BCUT2D eigenvalue weighted by molar-refractivity contribution is 5.37. The normalized spacial score (nSPS) is 29.6. The second kappa shape index (κ2) is 2.58. The average Bonchev–Trinajstić information content (AvgIpc) is 2.74. The summed E-state index contributed by atoms with van der Waals surface area (Å²) in [6.07, 6.45) is 3.97. The summed E-state index contributed by atoms with van der Waals surface area (Å²) in [6, 6.07) is 0. The van der Waals surface area contributed by atoms with Crippen LogP contribution in [-0.2, 0) is 6.54 Å². The molecule has 0 saturated heterocycles. The van der Waals surface area contributed by atoms with Crippen molar-refractivity contribution in [2.45, 2.75) is 37.6 Å². The lowest BCUT2D eigenvalue weighted by molar-refractivity contribution is 0.357. The van der Waals surface area contributed by atoms with Gasteiger partial charge < -0.3 is 9.84 Å². The number of nitrogens with one attached hydrogen (secondary N) is 1. The van der Waals surface area contributed by atoms with Crippen molar-refractivity contribution in [3.63, 3.8) is 0 Å². The summed E-state index contributed by atoms with van der Waals surface area (Å²) < 4.78 is 5.40. The van der Waals surface area contributed by atoms with Crippen molar-refractivity contribution in [2.24, 2.45) is 0 Å². The maximum Gasteiger partial charge on any atom is 0.143 e. The van der Waals surface area contributed by atoms with Gasteiger partial charge in [-0.15, -0.1) is 0 Å². The Morgan fingerprint density at radius 3 is 3.15 bits per heavy atom. The summed E-state index contributed by atoms with van der Waals surface area (Å²) in [4.78, 5) is 0. The lowest BCUT2D eigenvalue weighted by Crippen LogP contribution is -2.08. The van der Waals surface area contributed by atoms with E-state index in [0.717, 1.165) is 18.2 Å². The number of hydrogen-bond donors (Lipinski definition) is 1. The van der Waals surface area contributed by atoms with Gasteiger partial charge in [0.1, 0.15) is 11.5 Å². The van der Waals surface area contributed by atoms with Crippen molar-refractivity contribution in [3.8, 4) is 0 Å². The molecule has 2 aliphatic rings. The minimum atomic E-state index is 0.693. The molecule has 1 saturated carbocycles. The number of fused-ring (bicyclic) bond motifs is 5. The highest BCUT2D eigenvalue weighted by Crippen LogP contribution is 2.54. The highest BCUT2D eigenvalue weighted by Gasteiger charge is 2.42. The van der Waals surface area contributed by atoms with Crippen LogP contribution in [0.2, 0.25) is 0 Å². The van der Waals surface area contributed by atoms with Crippen LogP contribution in [0.15, 0.2) is 4.52 Å². The molecular weight excluding hydrogens is 164 g/mol. The lowest BCUT2D eigenvalue weighted by atomic mass is 9.96. The van der Waals surface area contributed by atoms with Crippen LogP contribution in [-0.4, -0.2) is 12.2 Å². The molecule has 1 aromatic heterocycles. The van der Waals surface area contributed by atoms with Crippen LogP contribution in [0.25, 0.3) is 0 Å². The van der Waals surface area contributed by atoms with Crippen molar-refractivity contribution in [3.05, 3.63) is 17.0 Å². The van der Waals surface area contributed by atoms with Crippen LogP contribution >= 0.6 is 0 Å². The first-order valence-electron chi connectivity index (χ1n) is 5.03. The van der Waals surface area contributed by atoms with E-state index in [2.05, 4.69) is 10.5 Å². The number of rotatable bonds is 2. The molecule has 2 aliphatic carbocycles. The van der Waals surface area contributed by atoms with E-state index in [9.17, 15) is 0 Å². The summed E-state index contributed by atoms with van der Waals surface area (Å²) in [5.74, 6) is 2.65. The van der Waals surface area contributed by atoms with Crippen molar-refractivity contribution in [2.75, 3.05) is 7.05 Å². The van der Waals surface area contributed by atoms with Gasteiger partial charge in [0.15, 0.2) is 0 Å². The van der Waals surface area contributed by atoms with Crippen LogP contribution in [0.1, 0.15) is 48.1 Å². The third-order valence-electron chi connectivity index (χ3n) is 3.39. The molecule has 2 unspecified atom stereocenters. The fourth-order valence-corrected chi connectivity index (χ4v) is 2.85. The molecule has 70 valence electrons. The van der Waals surface area contributed by atoms with E-state index >= 15 is 0 Å². The van der Waals surface area contributed by atoms with Gasteiger partial charge in [0.25, 0.3) is 0 Å². The van der Waals surface area contributed by atoms with Crippen LogP contribution in [0.4, 0.5) is 0 Å². The van der Waals surface area contributed by atoms with E-state index in [4.69, 9.17) is 4.52 Å². The fourth-order valence-electron chi connectivity index (χ4n) is 2.85. The van der Waals surface area contributed by atoms with Crippen LogP contribution in [0.5, 0.6) is 0 Å². The summed E-state index contributed by atoms with van der Waals surface area (Å²) in [6.45, 7) is 0.849. The van der Waals surface area contributed by atoms with Crippen LogP contribution in [0.3, 0.4) is 0 Å². The molecule has 1 aromatic rings. The Hall–Kier alpha value is -0.830. The Labute approximate surface area is 77.5 Å². The van der Waals surface area contributed by atoms with Gasteiger partial charge in [-0.3, -0.25) is 0 Å². The molecule has 0 aromatic carbocycles. The molecule has 0 spiro atoms. The molecule has 13 heavy (non-hydrogen) atoms. The zero-order valence-corrected chi connectivity index (χ0v) is 7.84. The Bertz CT molecular complexity index is 332. The molecule has 3 nitrogen and oxygen atoms in total. The predicted octanol–water partition coefficient (Wildman–Crippen LogP) is 1.76. The Morgan fingerprint density at radius 2 is 2.31 bits per heavy atom. The van der Waals surface area contributed by atoms with Gasteiger partial charge >= 0.3 is 0 Å². The minimum absolute atomic E-state index is 0.693. The van der Waals surface area contributed by atoms with E-state index in [1.807, 2.05) is 7.05 Å². The molecule has 0 aliphatic heterocycles. The van der Waals surface area contributed by atoms with Gasteiger partial charge in [0.05, 0.1) is 0 Å². The van der Waals surface area contributed by atoms with Crippen molar-refractivity contribution in [1.29, 1.82) is 0 Å². The summed E-state index contributed by atoms with van der Waals surface area (Å²) in [7, 11) is 1.95. The SMILES string of the molecule is CNCc1noc2c1C1CCC2C1. The second-order valence-electron chi connectivity index (χ2n) is 4.14. The molecule has 3 rings (SSSR count). The molecular formula is C10H14N2O. The largest absolute Gasteiger partial charge is 0.360 e. The van der Waals surface area contributed by atoms with Gasteiger partial charge in [-0.1, -0.05) is 5.16 Å². The van der Waals surface area contributed by atoms with E-state index in [-0.39, 0.29) is 0 Å². The van der Waals surface area contributed by atoms with Gasteiger partial charge in [-0.25, -0.2) is 0 Å². The van der Waals surface area contributed by atoms with Gasteiger partial charge in [-0.05, 0) is 32.2 Å². The molecule has 3 heteroatoms. The zero-order valence-electron chi connectivity index (χ0n) is 7.84. The fraction of sp³-hybridized carbons (Fsp3) is 0.700. The first-order valence-corrected chi connectivity index (χ1v) is 5.03. The third-order valence-corrected chi connectivity index (χ3v) is 3.39. The quantitative estimate of drug-likeness (QED) is 0.749.